The number of aromatic nitrogens is 1. The zero-order valence-corrected chi connectivity index (χ0v) is 27.3. The Balaban J connectivity index is 1.15. The first kappa shape index (κ1) is 28.8. The average molecular weight is 703 g/mol. The van der Waals surface area contributed by atoms with Crippen molar-refractivity contribution in [2.24, 2.45) is 29.6 Å². The lowest BCUT2D eigenvalue weighted by molar-refractivity contribution is -0.123. The molecule has 2 N–H and O–H groups in total. The van der Waals surface area contributed by atoms with Crippen molar-refractivity contribution in [1.29, 1.82) is 0 Å². The van der Waals surface area contributed by atoms with Gasteiger partial charge in [0.25, 0.3) is 5.91 Å². The second kappa shape index (κ2) is 11.0. The summed E-state index contributed by atoms with van der Waals surface area (Å²) in [5, 5.41) is 3.72. The molecule has 3 heterocycles. The third kappa shape index (κ3) is 4.70. The number of aryl methyl sites for hydroxylation is 1. The molecule has 3 amide bonds. The molecule has 0 spiro atoms. The minimum atomic E-state index is -0.404. The van der Waals surface area contributed by atoms with Crippen LogP contribution in [0.25, 0.3) is 0 Å². The van der Waals surface area contributed by atoms with Gasteiger partial charge < -0.3 is 15.0 Å². The van der Waals surface area contributed by atoms with Gasteiger partial charge in [0, 0.05) is 31.8 Å². The number of nitrogens with one attached hydrogen (secondary N) is 2. The number of hydrogen-bond acceptors (Lipinski definition) is 7. The van der Waals surface area contributed by atoms with Crippen molar-refractivity contribution < 1.29 is 19.1 Å². The molecule has 4 aliphatic rings. The summed E-state index contributed by atoms with van der Waals surface area (Å²) in [4.78, 5) is 58.7. The van der Waals surface area contributed by atoms with E-state index in [1.54, 1.807) is 11.8 Å². The number of anilines is 2. The number of hydrogen-bond donors (Lipinski definition) is 2. The number of nitrogens with zero attached hydrogens (tertiary/aromatic N) is 1. The van der Waals surface area contributed by atoms with E-state index in [0.717, 1.165) is 31.9 Å². The first-order chi connectivity index (χ1) is 21.8. The maximum Gasteiger partial charge on any atom is 0.305 e. The van der Waals surface area contributed by atoms with Crippen molar-refractivity contribution in [2.75, 3.05) is 16.8 Å². The fourth-order valence-corrected chi connectivity index (χ4v) is 11.3. The van der Waals surface area contributed by atoms with Gasteiger partial charge in [-0.25, -0.2) is 0 Å². The number of thiazole rings is 1. The molecule has 6 unspecified atom stereocenters. The lowest BCUT2D eigenvalue weighted by atomic mass is 9.68. The third-order valence-electron chi connectivity index (χ3n) is 9.74. The fourth-order valence-electron chi connectivity index (χ4n) is 8.07. The smallest absolute Gasteiger partial charge is 0.305 e. The van der Waals surface area contributed by atoms with E-state index in [1.807, 2.05) is 79.7 Å². The zero-order chi connectivity index (χ0) is 31.0. The normalized spacial score (nSPS) is 27.7. The fraction of sp³-hybridized carbons (Fsp3) is 0.294. The first-order valence-corrected chi connectivity index (χ1v) is 17.4. The van der Waals surface area contributed by atoms with Crippen LogP contribution in [-0.4, -0.2) is 34.6 Å². The van der Waals surface area contributed by atoms with Crippen LogP contribution in [0.15, 0.2) is 87.1 Å². The van der Waals surface area contributed by atoms with Crippen LogP contribution >= 0.6 is 39.0 Å². The lowest BCUT2D eigenvalue weighted by Crippen LogP contribution is -2.42. The van der Waals surface area contributed by atoms with Crippen molar-refractivity contribution in [2.45, 2.75) is 29.5 Å². The molecule has 1 aromatic heterocycles. The summed E-state index contributed by atoms with van der Waals surface area (Å²) in [6.07, 6.45) is 0.788. The van der Waals surface area contributed by atoms with Crippen LogP contribution in [0.3, 0.4) is 0 Å². The molecule has 2 aliphatic heterocycles. The Labute approximate surface area is 275 Å². The number of fused-ring (bicyclic) bond motifs is 9. The van der Waals surface area contributed by atoms with E-state index in [4.69, 9.17) is 4.74 Å². The maximum atomic E-state index is 14.1. The van der Waals surface area contributed by atoms with Crippen LogP contribution in [0.2, 0.25) is 0 Å². The summed E-state index contributed by atoms with van der Waals surface area (Å²) in [7, 11) is 0. The highest BCUT2D eigenvalue weighted by Gasteiger charge is 2.69. The van der Waals surface area contributed by atoms with Gasteiger partial charge >= 0.3 is 4.87 Å². The molecule has 0 radical (unpaired) electrons. The van der Waals surface area contributed by atoms with Crippen LogP contribution in [0.4, 0.5) is 11.4 Å². The number of halogens is 1. The number of rotatable bonds is 6. The Kier molecular flexibility index (Phi) is 7.03. The van der Waals surface area contributed by atoms with Crippen molar-refractivity contribution in [1.82, 2.24) is 4.98 Å². The second-order valence-corrected chi connectivity index (χ2v) is 15.3. The van der Waals surface area contributed by atoms with Gasteiger partial charge in [-0.1, -0.05) is 63.2 Å². The molecule has 4 aromatic rings. The molecule has 8 nitrogen and oxygen atoms in total. The summed E-state index contributed by atoms with van der Waals surface area (Å²) in [5.41, 5.74) is 3.23. The minimum absolute atomic E-state index is 0.00436. The van der Waals surface area contributed by atoms with Crippen molar-refractivity contribution >= 4 is 68.1 Å². The molecule has 2 bridgehead atoms. The van der Waals surface area contributed by atoms with Crippen molar-refractivity contribution in [3.05, 3.63) is 103 Å². The molecule has 2 saturated carbocycles. The number of thioether (sulfide) groups is 1. The lowest BCUT2D eigenvalue weighted by Gasteiger charge is -2.43. The summed E-state index contributed by atoms with van der Waals surface area (Å²) < 4.78 is 7.03. The number of imide groups is 1. The Morgan fingerprint density at radius 1 is 1.00 bits per heavy atom. The van der Waals surface area contributed by atoms with Gasteiger partial charge in [0.05, 0.1) is 22.5 Å². The number of carbonyl (C=O) groups is 3. The highest BCUT2D eigenvalue weighted by molar-refractivity contribution is 9.10. The molecule has 8 rings (SSSR count). The highest BCUT2D eigenvalue weighted by atomic mass is 79.9. The van der Waals surface area contributed by atoms with Gasteiger partial charge in [-0.2, -0.15) is 0 Å². The van der Waals surface area contributed by atoms with Gasteiger partial charge in [0.1, 0.15) is 5.75 Å². The number of H-pyrrole nitrogens is 1. The zero-order valence-electron chi connectivity index (χ0n) is 24.1. The van der Waals surface area contributed by atoms with E-state index in [-0.39, 0.29) is 64.0 Å². The molecule has 3 fully saturated rings. The third-order valence-corrected chi connectivity index (χ3v) is 12.8. The predicted octanol–water partition coefficient (Wildman–Crippen LogP) is 6.20. The molecule has 3 aromatic carbocycles. The summed E-state index contributed by atoms with van der Waals surface area (Å²) >= 11 is 6.47. The van der Waals surface area contributed by atoms with Gasteiger partial charge in [-0.3, -0.25) is 24.1 Å². The van der Waals surface area contributed by atoms with Crippen molar-refractivity contribution in [3.63, 3.8) is 0 Å². The van der Waals surface area contributed by atoms with Crippen LogP contribution in [0.1, 0.15) is 28.3 Å². The van der Waals surface area contributed by atoms with Gasteiger partial charge in [0.15, 0.2) is 6.61 Å². The summed E-state index contributed by atoms with van der Waals surface area (Å²) in [5.74, 6) is -1.01. The predicted molar refractivity (Wildman–Crippen MR) is 177 cm³/mol. The standard InChI is InChI=1S/C34H28BrN3O5S2/c1-16-7-10-19(11-8-16)38-32(40)27-21-14-22(28(27)33(38)41)29-26(21)25(30-31(44-29)37-34(42)45-30)20-13-17(35)9-12-23(20)43-15-24(39)36-18-5-3-2-4-6-18/h2-13,21-22,25-29H,14-15H2,1H3,(H,36,39)(H,37,42)/t21?,22?,25-,26?,27?,28?,29?/m1/s1. The topological polar surface area (TPSA) is 109 Å². The van der Waals surface area contributed by atoms with E-state index in [1.165, 1.54) is 16.2 Å². The van der Waals surface area contributed by atoms with E-state index in [0.29, 0.717) is 17.1 Å². The molecular formula is C34H28BrN3O5S2. The van der Waals surface area contributed by atoms with Crippen molar-refractivity contribution in [3.8, 4) is 5.75 Å². The number of para-hydroxylation sites is 1. The number of amides is 3. The van der Waals surface area contributed by atoms with Crippen LogP contribution < -0.4 is 19.8 Å². The highest BCUT2D eigenvalue weighted by Crippen LogP contribution is 2.69. The summed E-state index contributed by atoms with van der Waals surface area (Å²) in [6, 6.07) is 22.5. The van der Waals surface area contributed by atoms with Gasteiger partial charge in [-0.15, -0.1) is 11.8 Å². The first-order valence-electron chi connectivity index (χ1n) is 14.9. The number of ether oxygens (including phenoxy) is 1. The van der Waals surface area contributed by atoms with E-state index < -0.39 is 5.92 Å². The molecule has 11 heteroatoms. The SMILES string of the molecule is Cc1ccc(N2C(=O)C3C4CC(C3C2=O)C2C4Sc3[nH]c(=O)sc3[C@@H]2c2cc(Br)ccc2OCC(=O)Nc2ccccc2)cc1. The Morgan fingerprint density at radius 2 is 1.73 bits per heavy atom. The molecule has 7 atom stereocenters. The quantitative estimate of drug-likeness (QED) is 0.232. The Morgan fingerprint density at radius 3 is 2.49 bits per heavy atom. The largest absolute Gasteiger partial charge is 0.483 e. The van der Waals surface area contributed by atoms with Crippen LogP contribution in [0, 0.1) is 36.5 Å². The molecule has 1 saturated heterocycles. The number of benzene rings is 3. The van der Waals surface area contributed by atoms with Gasteiger partial charge in [0.2, 0.25) is 11.8 Å². The molecular weight excluding hydrogens is 674 g/mol. The molecule has 228 valence electrons. The summed E-state index contributed by atoms with van der Waals surface area (Å²) in [6.45, 7) is 1.79. The minimum Gasteiger partial charge on any atom is -0.483 e. The van der Waals surface area contributed by atoms with E-state index in [2.05, 4.69) is 26.2 Å². The van der Waals surface area contributed by atoms with Gasteiger partial charge in [-0.05, 0) is 73.6 Å². The molecule has 45 heavy (non-hydrogen) atoms. The monoisotopic (exact) mass is 701 g/mol. The Hall–Kier alpha value is -3.67. The van der Waals surface area contributed by atoms with E-state index in [9.17, 15) is 19.2 Å². The average Bonchev–Trinajstić information content (AvgIpc) is 3.76. The van der Waals surface area contributed by atoms with Crippen LogP contribution in [0.5, 0.6) is 5.75 Å². The molecule has 2 aliphatic carbocycles. The van der Waals surface area contributed by atoms with Crippen LogP contribution in [-0.2, 0) is 14.4 Å². The maximum absolute atomic E-state index is 14.1. The Bertz CT molecular complexity index is 1910. The van der Waals surface area contributed by atoms with E-state index >= 15 is 0 Å². The second-order valence-electron chi connectivity index (χ2n) is 12.2. The number of carbonyl (C=O) groups excluding carboxylic acids is 3. The number of aromatic amines is 1.